The molecule has 0 radical (unpaired) electrons. The first kappa shape index (κ1) is 9.82. The van der Waals surface area contributed by atoms with E-state index in [0.717, 1.165) is 19.3 Å². The molecule has 84 valence electrons. The zero-order valence-electron chi connectivity index (χ0n) is 8.87. The van der Waals surface area contributed by atoms with Crippen molar-refractivity contribution in [3.63, 3.8) is 0 Å². The number of halogens is 1. The summed E-state index contributed by atoms with van der Waals surface area (Å²) in [7, 11) is 0. The highest BCUT2D eigenvalue weighted by Gasteiger charge is 2.51. The summed E-state index contributed by atoms with van der Waals surface area (Å²) in [5.41, 5.74) is 1.37. The maximum Gasteiger partial charge on any atom is 0.310 e. The minimum atomic E-state index is -0.831. The van der Waals surface area contributed by atoms with Crippen molar-refractivity contribution in [2.75, 3.05) is 0 Å². The molecule has 16 heavy (non-hydrogen) atoms. The summed E-state index contributed by atoms with van der Waals surface area (Å²) in [6.45, 7) is 0. The summed E-state index contributed by atoms with van der Waals surface area (Å²) in [5.74, 6) is -1.57. The lowest BCUT2D eigenvalue weighted by Gasteiger charge is -2.29. The van der Waals surface area contributed by atoms with E-state index in [4.69, 9.17) is 5.11 Å². The summed E-state index contributed by atoms with van der Waals surface area (Å²) in [6.07, 6.45) is 3.48. The largest absolute Gasteiger partial charge is 0.481 e. The van der Waals surface area contributed by atoms with Gasteiger partial charge >= 0.3 is 5.97 Å². The fraction of sp³-hybridized carbons (Fsp3) is 0.462. The smallest absolute Gasteiger partial charge is 0.310 e. The number of benzene rings is 1. The van der Waals surface area contributed by atoms with Gasteiger partial charge in [-0.15, -0.1) is 0 Å². The van der Waals surface area contributed by atoms with Crippen LogP contribution in [0, 0.1) is 5.82 Å². The topological polar surface area (TPSA) is 37.3 Å². The molecular formula is C13H13FO2. The molecule has 2 aliphatic carbocycles. The van der Waals surface area contributed by atoms with Gasteiger partial charge in [-0.05, 0) is 48.3 Å². The highest BCUT2D eigenvalue weighted by Crippen LogP contribution is 2.58. The average Bonchev–Trinajstić information content (AvgIpc) is 2.98. The second-order valence-electron chi connectivity index (χ2n) is 4.91. The number of carboxylic acid groups (broad SMARTS) is 1. The molecule has 0 saturated heterocycles. The van der Waals surface area contributed by atoms with Gasteiger partial charge in [0.15, 0.2) is 0 Å². The van der Waals surface area contributed by atoms with Crippen LogP contribution in [0.3, 0.4) is 0 Å². The van der Waals surface area contributed by atoms with E-state index >= 15 is 0 Å². The molecule has 1 N–H and O–H groups in total. The molecule has 2 nitrogen and oxygen atoms in total. The maximum absolute atomic E-state index is 13.9. The van der Waals surface area contributed by atoms with Crippen LogP contribution >= 0.6 is 0 Å². The minimum absolute atomic E-state index is 0.0212. The van der Waals surface area contributed by atoms with Crippen molar-refractivity contribution in [1.82, 2.24) is 0 Å². The Kier molecular flexibility index (Phi) is 1.88. The molecule has 1 fully saturated rings. The van der Waals surface area contributed by atoms with Crippen LogP contribution in [0.5, 0.6) is 0 Å². The van der Waals surface area contributed by atoms with Gasteiger partial charge in [-0.1, -0.05) is 12.1 Å². The Balaban J connectivity index is 2.18. The molecule has 1 spiro atoms. The van der Waals surface area contributed by atoms with Crippen LogP contribution < -0.4 is 0 Å². The van der Waals surface area contributed by atoms with Gasteiger partial charge in [0.25, 0.3) is 0 Å². The third-order valence-corrected chi connectivity index (χ3v) is 4.01. The average molecular weight is 220 g/mol. The zero-order chi connectivity index (χ0) is 11.3. The van der Waals surface area contributed by atoms with Gasteiger partial charge in [-0.3, -0.25) is 4.79 Å². The molecule has 3 heteroatoms. The van der Waals surface area contributed by atoms with Crippen LogP contribution in [0.25, 0.3) is 0 Å². The Bertz CT molecular complexity index is 463. The number of rotatable bonds is 1. The molecule has 0 aliphatic heterocycles. The van der Waals surface area contributed by atoms with Crippen LogP contribution in [0.4, 0.5) is 4.39 Å². The van der Waals surface area contributed by atoms with Crippen molar-refractivity contribution in [2.24, 2.45) is 0 Å². The molecule has 1 unspecified atom stereocenters. The van der Waals surface area contributed by atoms with Crippen molar-refractivity contribution in [3.8, 4) is 0 Å². The van der Waals surface area contributed by atoms with Gasteiger partial charge in [0.05, 0.1) is 5.92 Å². The number of hydrogen-bond acceptors (Lipinski definition) is 1. The van der Waals surface area contributed by atoms with Crippen molar-refractivity contribution < 1.29 is 14.3 Å². The molecule has 0 aromatic heterocycles. The van der Waals surface area contributed by atoms with E-state index in [1.165, 1.54) is 6.07 Å². The van der Waals surface area contributed by atoms with E-state index in [1.807, 2.05) is 0 Å². The first-order valence-electron chi connectivity index (χ1n) is 5.66. The van der Waals surface area contributed by atoms with E-state index in [9.17, 15) is 9.18 Å². The van der Waals surface area contributed by atoms with E-state index in [2.05, 4.69) is 0 Å². The lowest BCUT2D eigenvalue weighted by molar-refractivity contribution is -0.139. The first-order chi connectivity index (χ1) is 7.64. The highest BCUT2D eigenvalue weighted by atomic mass is 19.1. The van der Waals surface area contributed by atoms with Gasteiger partial charge < -0.3 is 5.11 Å². The van der Waals surface area contributed by atoms with Crippen molar-refractivity contribution in [2.45, 2.75) is 37.0 Å². The Morgan fingerprint density at radius 1 is 1.38 bits per heavy atom. The molecule has 1 saturated carbocycles. The van der Waals surface area contributed by atoms with Gasteiger partial charge in [0.1, 0.15) is 5.82 Å². The van der Waals surface area contributed by atoms with Crippen LogP contribution in [-0.4, -0.2) is 11.1 Å². The zero-order valence-corrected chi connectivity index (χ0v) is 8.87. The SMILES string of the molecule is O=C(O)C1CCC2(CC2)c2c(F)cccc21. The Labute approximate surface area is 93.1 Å². The summed E-state index contributed by atoms with van der Waals surface area (Å²) in [4.78, 5) is 11.1. The van der Waals surface area contributed by atoms with E-state index < -0.39 is 11.9 Å². The maximum atomic E-state index is 13.9. The quantitative estimate of drug-likeness (QED) is 0.790. The third-order valence-electron chi connectivity index (χ3n) is 4.01. The monoisotopic (exact) mass is 220 g/mol. The molecule has 1 aromatic rings. The number of carbonyl (C=O) groups is 1. The first-order valence-corrected chi connectivity index (χ1v) is 5.66. The van der Waals surface area contributed by atoms with E-state index in [-0.39, 0.29) is 11.2 Å². The molecule has 0 bridgehead atoms. The lowest BCUT2D eigenvalue weighted by atomic mass is 9.74. The fourth-order valence-corrected chi connectivity index (χ4v) is 3.00. The molecule has 3 rings (SSSR count). The Morgan fingerprint density at radius 3 is 2.75 bits per heavy atom. The van der Waals surface area contributed by atoms with E-state index in [0.29, 0.717) is 17.5 Å². The second-order valence-corrected chi connectivity index (χ2v) is 4.91. The summed E-state index contributed by atoms with van der Waals surface area (Å²) in [6, 6.07) is 4.84. The molecular weight excluding hydrogens is 207 g/mol. The van der Waals surface area contributed by atoms with Gasteiger partial charge in [-0.2, -0.15) is 0 Å². The van der Waals surface area contributed by atoms with E-state index in [1.54, 1.807) is 12.1 Å². The number of carboxylic acids is 1. The van der Waals surface area contributed by atoms with Crippen molar-refractivity contribution >= 4 is 5.97 Å². The molecule has 0 heterocycles. The van der Waals surface area contributed by atoms with Gasteiger partial charge in [-0.25, -0.2) is 4.39 Å². The molecule has 1 atom stereocenters. The predicted octanol–water partition coefficient (Wildman–Crippen LogP) is 2.82. The normalized spacial score (nSPS) is 25.2. The van der Waals surface area contributed by atoms with Gasteiger partial charge in [0.2, 0.25) is 0 Å². The van der Waals surface area contributed by atoms with Crippen LogP contribution in [-0.2, 0) is 10.2 Å². The predicted molar refractivity (Wildman–Crippen MR) is 56.9 cm³/mol. The highest BCUT2D eigenvalue weighted by molar-refractivity contribution is 5.77. The Morgan fingerprint density at radius 2 is 2.12 bits per heavy atom. The number of fused-ring (bicyclic) bond motifs is 2. The standard InChI is InChI=1S/C13H13FO2/c14-10-3-1-2-8-9(12(15)16)4-5-13(6-7-13)11(8)10/h1-3,9H,4-7H2,(H,15,16). The van der Waals surface area contributed by atoms with Crippen molar-refractivity contribution in [3.05, 3.63) is 35.1 Å². The third kappa shape index (κ3) is 1.20. The van der Waals surface area contributed by atoms with Crippen molar-refractivity contribution in [1.29, 1.82) is 0 Å². The molecule has 0 amide bonds. The number of hydrogen-bond donors (Lipinski definition) is 1. The Hall–Kier alpha value is -1.38. The minimum Gasteiger partial charge on any atom is -0.481 e. The summed E-state index contributed by atoms with van der Waals surface area (Å²) in [5, 5.41) is 9.14. The number of aliphatic carboxylic acids is 1. The summed E-state index contributed by atoms with van der Waals surface area (Å²) >= 11 is 0. The lowest BCUT2D eigenvalue weighted by Crippen LogP contribution is -2.25. The molecule has 1 aromatic carbocycles. The molecule has 2 aliphatic rings. The van der Waals surface area contributed by atoms with Crippen LogP contribution in [0.2, 0.25) is 0 Å². The van der Waals surface area contributed by atoms with Crippen LogP contribution in [0.15, 0.2) is 18.2 Å². The van der Waals surface area contributed by atoms with Gasteiger partial charge in [0, 0.05) is 0 Å². The summed E-state index contributed by atoms with van der Waals surface area (Å²) < 4.78 is 13.9. The fourth-order valence-electron chi connectivity index (χ4n) is 3.00. The van der Waals surface area contributed by atoms with Crippen LogP contribution in [0.1, 0.15) is 42.7 Å². The second kappa shape index (κ2) is 3.06.